The molecular formula is C54H50F2N4O+2. The van der Waals surface area contributed by atoms with E-state index >= 15 is 0 Å². The van der Waals surface area contributed by atoms with Crippen molar-refractivity contribution in [3.63, 3.8) is 0 Å². The van der Waals surface area contributed by atoms with Gasteiger partial charge in [0, 0.05) is 47.3 Å². The van der Waals surface area contributed by atoms with Gasteiger partial charge in [-0.25, -0.2) is 13.8 Å². The van der Waals surface area contributed by atoms with Crippen molar-refractivity contribution in [2.45, 2.75) is 78.6 Å². The molecule has 9 rings (SSSR count). The van der Waals surface area contributed by atoms with E-state index in [9.17, 15) is 8.78 Å². The lowest BCUT2D eigenvalue weighted by molar-refractivity contribution is 0.483. The van der Waals surface area contributed by atoms with Crippen LogP contribution >= 0.6 is 0 Å². The third kappa shape index (κ3) is 7.44. The van der Waals surface area contributed by atoms with E-state index in [0.29, 0.717) is 11.5 Å². The highest BCUT2D eigenvalue weighted by Gasteiger charge is 2.40. The molecule has 0 spiro atoms. The van der Waals surface area contributed by atoms with Crippen LogP contribution < -0.4 is 13.9 Å². The molecule has 3 heterocycles. The average Bonchev–Trinajstić information content (AvgIpc) is 3.76. The maximum atomic E-state index is 14.8. The van der Waals surface area contributed by atoms with E-state index < -0.39 is 0 Å². The van der Waals surface area contributed by atoms with Crippen LogP contribution in [0.15, 0.2) is 140 Å². The molecule has 8 aromatic rings. The van der Waals surface area contributed by atoms with Crippen LogP contribution in [-0.4, -0.2) is 15.6 Å². The van der Waals surface area contributed by atoms with Crippen LogP contribution in [0.5, 0.6) is 11.5 Å². The van der Waals surface area contributed by atoms with E-state index in [0.717, 1.165) is 67.1 Å². The van der Waals surface area contributed by atoms with Crippen molar-refractivity contribution in [1.82, 2.24) is 18.7 Å². The highest BCUT2D eigenvalue weighted by molar-refractivity contribution is 6.09. The van der Waals surface area contributed by atoms with Crippen LogP contribution in [0.2, 0.25) is 0 Å². The minimum atomic E-state index is -0.296. The van der Waals surface area contributed by atoms with Crippen LogP contribution in [0.4, 0.5) is 31.5 Å². The van der Waals surface area contributed by atoms with E-state index in [2.05, 4.69) is 112 Å². The molecule has 0 aliphatic carbocycles. The second-order valence-electron chi connectivity index (χ2n) is 19.2. The van der Waals surface area contributed by atoms with E-state index in [1.165, 1.54) is 23.3 Å². The molecule has 1 aliphatic heterocycles. The summed E-state index contributed by atoms with van der Waals surface area (Å²) < 4.78 is 42.4. The molecule has 1 aliphatic rings. The second-order valence-corrected chi connectivity index (χ2v) is 19.2. The molecule has 0 N–H and O–H groups in total. The summed E-state index contributed by atoms with van der Waals surface area (Å²) in [4.78, 5) is 4.79. The smallest absolute Gasteiger partial charge is 0.457 e. The minimum absolute atomic E-state index is 0.0869. The number of pyridine rings is 1. The van der Waals surface area contributed by atoms with Gasteiger partial charge in [0.1, 0.15) is 29.0 Å². The monoisotopic (exact) mass is 808 g/mol. The number of rotatable bonds is 6. The fraction of sp³-hybridized carbons (Fsp3) is 0.222. The maximum absolute atomic E-state index is 14.8. The Kier molecular flexibility index (Phi) is 9.45. The Morgan fingerprint density at radius 3 is 1.95 bits per heavy atom. The van der Waals surface area contributed by atoms with Crippen molar-refractivity contribution in [2.24, 2.45) is 0 Å². The van der Waals surface area contributed by atoms with Gasteiger partial charge in [-0.15, -0.1) is 0 Å². The number of ether oxygens (including phenoxy) is 1. The zero-order valence-corrected chi connectivity index (χ0v) is 36.2. The zero-order chi connectivity index (χ0) is 43.0. The number of para-hydroxylation sites is 1. The number of fused-ring (bicyclic) bond motifs is 4. The first-order valence-electron chi connectivity index (χ1n) is 20.8. The third-order valence-electron chi connectivity index (χ3n) is 11.6. The second kappa shape index (κ2) is 14.5. The van der Waals surface area contributed by atoms with Gasteiger partial charge in [-0.2, -0.15) is 0 Å². The molecule has 0 radical (unpaired) electrons. The van der Waals surface area contributed by atoms with Gasteiger partial charge < -0.3 is 4.74 Å². The summed E-state index contributed by atoms with van der Waals surface area (Å²) in [6, 6.07) is 46.3. The first-order valence-corrected chi connectivity index (χ1v) is 20.8. The summed E-state index contributed by atoms with van der Waals surface area (Å²) in [7, 11) is 0. The van der Waals surface area contributed by atoms with Crippen LogP contribution in [0.1, 0.15) is 79.0 Å². The lowest BCUT2D eigenvalue weighted by Crippen LogP contribution is -2.17. The summed E-state index contributed by atoms with van der Waals surface area (Å²) >= 11 is 0. The fourth-order valence-corrected chi connectivity index (χ4v) is 8.14. The molecule has 5 nitrogen and oxygen atoms in total. The minimum Gasteiger partial charge on any atom is -0.457 e. The topological polar surface area (TPSA) is 33.1 Å². The quantitative estimate of drug-likeness (QED) is 0.157. The average molecular weight is 809 g/mol. The molecule has 2 aromatic heterocycles. The molecule has 0 bridgehead atoms. The zero-order valence-electron chi connectivity index (χ0n) is 36.2. The number of aromatic nitrogens is 2. The summed E-state index contributed by atoms with van der Waals surface area (Å²) in [5.74, 6) is 1.42. The highest BCUT2D eigenvalue weighted by atomic mass is 19.1. The Balaban J connectivity index is 1.19. The molecule has 0 saturated heterocycles. The van der Waals surface area contributed by atoms with Gasteiger partial charge in [0.25, 0.3) is 5.69 Å². The van der Waals surface area contributed by atoms with Crippen molar-refractivity contribution in [1.29, 1.82) is 0 Å². The van der Waals surface area contributed by atoms with Gasteiger partial charge in [0.15, 0.2) is 0 Å². The number of hydrogen-bond donors (Lipinski definition) is 0. The standard InChI is InChI=1S/C54H50F2N4O/c1-52(2,3)35-23-24-57-50(29-35)60-47-22-19-39(56)30-46(47)45-21-20-43(32-49(45)60)61-42-16-11-15-40(31-42)58-33-59(41-27-36(53(4,5)6)26-37(28-41)54(7,8)9)51-44(17-12-18-48(51)58)34-13-10-14-38(55)25-34/h10-32H,1-9H3/q+2. The van der Waals surface area contributed by atoms with Gasteiger partial charge in [0.05, 0.1) is 22.7 Å². The number of benzene rings is 6. The predicted molar refractivity (Wildman–Crippen MR) is 247 cm³/mol. The largest absolute Gasteiger partial charge is 0.503 e. The Morgan fingerprint density at radius 2 is 1.23 bits per heavy atom. The van der Waals surface area contributed by atoms with Crippen LogP contribution in [0.25, 0.3) is 38.8 Å². The van der Waals surface area contributed by atoms with Crippen molar-refractivity contribution < 1.29 is 13.5 Å². The van der Waals surface area contributed by atoms with E-state index in [4.69, 9.17) is 9.72 Å². The number of halogens is 2. The predicted octanol–water partition coefficient (Wildman–Crippen LogP) is 14.7. The molecule has 0 saturated carbocycles. The van der Waals surface area contributed by atoms with Crippen LogP contribution in [0, 0.1) is 11.6 Å². The lowest BCUT2D eigenvalue weighted by atomic mass is 9.80. The Hall–Kier alpha value is -6.69. The van der Waals surface area contributed by atoms with Crippen LogP contribution in [-0.2, 0) is 16.2 Å². The molecule has 7 heteroatoms. The number of nitrogens with zero attached hydrogens (tertiary/aromatic N) is 4. The first kappa shape index (κ1) is 39.8. The third-order valence-corrected chi connectivity index (χ3v) is 11.6. The summed E-state index contributed by atoms with van der Waals surface area (Å²) in [5.41, 5.74) is 10.3. The summed E-state index contributed by atoms with van der Waals surface area (Å²) in [6.45, 7) is 19.9. The Bertz CT molecular complexity index is 3100. The normalized spacial score (nSPS) is 13.1. The summed E-state index contributed by atoms with van der Waals surface area (Å²) in [5, 5.41) is 1.70. The number of hydrogen-bond acceptors (Lipinski definition) is 2. The van der Waals surface area contributed by atoms with E-state index in [-0.39, 0.29) is 27.9 Å². The van der Waals surface area contributed by atoms with E-state index in [1.54, 1.807) is 18.2 Å². The molecule has 0 unspecified atom stereocenters. The van der Waals surface area contributed by atoms with Crippen molar-refractivity contribution in [3.05, 3.63) is 168 Å². The molecule has 6 aromatic carbocycles. The first-order chi connectivity index (χ1) is 28.9. The van der Waals surface area contributed by atoms with Crippen molar-refractivity contribution in [2.75, 3.05) is 0 Å². The SMILES string of the molecule is CC(C)(C)c1cc([N+]2=C=[N+](c3cccc(Oc4ccc5c6cc(F)ccc6n(-c6cc(C(C)(C)C)ccn6)c5c4)c3)c3cccc(-c4cccc(F)c4)c32)cc(C(C)(C)C)c1. The Morgan fingerprint density at radius 1 is 0.541 bits per heavy atom. The lowest BCUT2D eigenvalue weighted by Gasteiger charge is -2.24. The van der Waals surface area contributed by atoms with E-state index in [1.807, 2.05) is 79.0 Å². The molecular weight excluding hydrogens is 759 g/mol. The molecule has 61 heavy (non-hydrogen) atoms. The maximum Gasteiger partial charge on any atom is 0.503 e. The van der Waals surface area contributed by atoms with Crippen molar-refractivity contribution in [3.8, 4) is 28.4 Å². The van der Waals surface area contributed by atoms with Gasteiger partial charge >= 0.3 is 11.7 Å². The molecule has 0 amide bonds. The van der Waals surface area contributed by atoms with Gasteiger partial charge in [0.2, 0.25) is 11.4 Å². The van der Waals surface area contributed by atoms with Gasteiger partial charge in [-0.3, -0.25) is 4.57 Å². The Labute approximate surface area is 356 Å². The summed E-state index contributed by atoms with van der Waals surface area (Å²) in [6.07, 6.45) is 1.83. The van der Waals surface area contributed by atoms with Gasteiger partial charge in [-0.1, -0.05) is 92.6 Å². The fourth-order valence-electron chi connectivity index (χ4n) is 8.14. The molecule has 304 valence electrons. The molecule has 0 fully saturated rings. The van der Waals surface area contributed by atoms with Gasteiger partial charge in [-0.05, 0) is 114 Å². The van der Waals surface area contributed by atoms with Crippen molar-refractivity contribution >= 4 is 50.6 Å². The highest BCUT2D eigenvalue weighted by Crippen LogP contribution is 2.45. The van der Waals surface area contributed by atoms with Crippen LogP contribution in [0.3, 0.4) is 0 Å². The molecule has 0 atom stereocenters.